The summed E-state index contributed by atoms with van der Waals surface area (Å²) in [7, 11) is 0. The molecule has 0 spiro atoms. The van der Waals surface area contributed by atoms with Crippen LogP contribution in [0.25, 0.3) is 0 Å². The zero-order chi connectivity index (χ0) is 23.2. The quantitative estimate of drug-likeness (QED) is 0.575. The van der Waals surface area contributed by atoms with E-state index in [4.69, 9.17) is 15.9 Å². The van der Waals surface area contributed by atoms with Crippen LogP contribution in [0.3, 0.4) is 0 Å². The normalized spacial score (nSPS) is 31.0. The van der Waals surface area contributed by atoms with Crippen LogP contribution in [0.1, 0.15) is 44.7 Å². The molecule has 4 N–H and O–H groups in total. The van der Waals surface area contributed by atoms with Crippen LogP contribution in [-0.2, 0) is 10.9 Å². The number of aromatic nitrogens is 1. The number of allylic oxidation sites excluding steroid dienone is 2. The highest BCUT2D eigenvalue weighted by atomic mass is 19.4. The lowest BCUT2D eigenvalue weighted by atomic mass is 10.00. The molecule has 1 aromatic rings. The van der Waals surface area contributed by atoms with Gasteiger partial charge in [-0.2, -0.15) is 13.2 Å². The lowest BCUT2D eigenvalue weighted by Crippen LogP contribution is -2.46. The summed E-state index contributed by atoms with van der Waals surface area (Å²) in [5, 5.41) is 11.9. The summed E-state index contributed by atoms with van der Waals surface area (Å²) in [4.78, 5) is 6.21. The Kier molecular flexibility index (Phi) is 6.24. The number of halogens is 3. The first-order chi connectivity index (χ1) is 15.0. The van der Waals surface area contributed by atoms with Crippen LogP contribution >= 0.6 is 0 Å². The van der Waals surface area contributed by atoms with E-state index in [2.05, 4.69) is 22.1 Å². The first-order valence-electron chi connectivity index (χ1n) is 11.3. The Bertz CT molecular complexity index is 888. The fraction of sp³-hybridized carbons (Fsp3) is 0.652. The molecule has 2 heterocycles. The van der Waals surface area contributed by atoms with Crippen LogP contribution in [0, 0.1) is 23.2 Å². The third-order valence-electron chi connectivity index (χ3n) is 6.86. The maximum absolute atomic E-state index is 13.2. The maximum atomic E-state index is 13.2. The largest absolute Gasteiger partial charge is 0.419 e. The highest BCUT2D eigenvalue weighted by molar-refractivity contribution is 6.07. The van der Waals surface area contributed by atoms with Gasteiger partial charge < -0.3 is 21.2 Å². The maximum Gasteiger partial charge on any atom is 0.419 e. The van der Waals surface area contributed by atoms with Gasteiger partial charge in [-0.15, -0.1) is 0 Å². The van der Waals surface area contributed by atoms with Crippen molar-refractivity contribution in [2.24, 2.45) is 17.8 Å². The van der Waals surface area contributed by atoms with Gasteiger partial charge in [-0.05, 0) is 57.6 Å². The number of pyridine rings is 1. The van der Waals surface area contributed by atoms with Crippen molar-refractivity contribution >= 4 is 11.5 Å². The molecule has 5 atom stereocenters. The number of nitrogens with two attached hydrogens (primary N) is 1. The van der Waals surface area contributed by atoms with Gasteiger partial charge in [0.25, 0.3) is 0 Å². The van der Waals surface area contributed by atoms with Gasteiger partial charge in [-0.1, -0.05) is 0 Å². The average Bonchev–Trinajstić information content (AvgIpc) is 3.19. The minimum Gasteiger partial charge on any atom is -0.386 e. The van der Waals surface area contributed by atoms with E-state index in [1.165, 1.54) is 6.20 Å². The minimum absolute atomic E-state index is 0.00896. The van der Waals surface area contributed by atoms with Gasteiger partial charge in [-0.25, -0.2) is 4.98 Å². The monoisotopic (exact) mass is 451 g/mol. The van der Waals surface area contributed by atoms with Gasteiger partial charge >= 0.3 is 6.18 Å². The van der Waals surface area contributed by atoms with Crippen LogP contribution in [0.2, 0.25) is 0 Å². The van der Waals surface area contributed by atoms with E-state index < -0.39 is 17.6 Å². The Balaban J connectivity index is 1.48. The third kappa shape index (κ3) is 4.78. The number of rotatable bonds is 6. The molecule has 32 heavy (non-hydrogen) atoms. The molecule has 3 fully saturated rings. The molecule has 0 radical (unpaired) electrons. The smallest absolute Gasteiger partial charge is 0.386 e. The van der Waals surface area contributed by atoms with E-state index in [1.807, 2.05) is 13.8 Å². The van der Waals surface area contributed by atoms with Crippen LogP contribution in [0.15, 0.2) is 24.0 Å². The van der Waals surface area contributed by atoms with E-state index in [1.54, 1.807) is 6.08 Å². The summed E-state index contributed by atoms with van der Waals surface area (Å²) in [6, 6.07) is 1.65. The van der Waals surface area contributed by atoms with Gasteiger partial charge in [0.05, 0.1) is 24.0 Å². The molecule has 1 aromatic heterocycles. The molecule has 1 saturated heterocycles. The predicted octanol–water partition coefficient (Wildman–Crippen LogP) is 3.68. The van der Waals surface area contributed by atoms with Crippen molar-refractivity contribution in [2.75, 3.05) is 25.4 Å². The van der Waals surface area contributed by atoms with Crippen molar-refractivity contribution in [1.29, 1.82) is 5.41 Å². The Morgan fingerprint density at radius 2 is 2.03 bits per heavy atom. The van der Waals surface area contributed by atoms with Gasteiger partial charge in [0.15, 0.2) is 0 Å². The topological polar surface area (TPSA) is 87.3 Å². The second kappa shape index (κ2) is 8.67. The zero-order valence-corrected chi connectivity index (χ0v) is 18.7. The van der Waals surface area contributed by atoms with Crippen molar-refractivity contribution in [3.63, 3.8) is 0 Å². The number of nitrogen functional groups attached to an aromatic ring is 1. The molecule has 0 aromatic carbocycles. The van der Waals surface area contributed by atoms with E-state index in [9.17, 15) is 13.2 Å². The second-order valence-corrected chi connectivity index (χ2v) is 9.62. The van der Waals surface area contributed by atoms with Gasteiger partial charge in [0.2, 0.25) is 0 Å². The highest BCUT2D eigenvalue weighted by Gasteiger charge is 2.58. The summed E-state index contributed by atoms with van der Waals surface area (Å²) in [5.74, 6) is 0.868. The molecule has 2 aliphatic carbocycles. The van der Waals surface area contributed by atoms with Crippen LogP contribution < -0.4 is 11.1 Å². The molecule has 2 saturated carbocycles. The fourth-order valence-corrected chi connectivity index (χ4v) is 5.40. The highest BCUT2D eigenvalue weighted by Crippen LogP contribution is 2.61. The van der Waals surface area contributed by atoms with E-state index in [-0.39, 0.29) is 23.4 Å². The molecule has 1 aliphatic heterocycles. The Labute approximate surface area is 186 Å². The predicted molar refractivity (Wildman–Crippen MR) is 117 cm³/mol. The molecule has 0 unspecified atom stereocenters. The SMILES string of the molecule is CC(C)N/C(=C\C(=N)c1cnc(N)c(C(F)(F)F)c1)[C@H]1[C@@H]2C[C@H](N3CCO[C@@H](C)C3)C[C@@H]21. The molecule has 0 amide bonds. The number of anilines is 1. The zero-order valence-electron chi connectivity index (χ0n) is 18.7. The molecule has 0 bridgehead atoms. The summed E-state index contributed by atoms with van der Waals surface area (Å²) in [6.07, 6.45) is 0.824. The first kappa shape index (κ1) is 23.0. The van der Waals surface area contributed by atoms with Crippen LogP contribution in [-0.4, -0.2) is 53.5 Å². The number of alkyl halides is 3. The van der Waals surface area contributed by atoms with Gasteiger partial charge in [0.1, 0.15) is 5.82 Å². The number of fused-ring (bicyclic) bond motifs is 1. The fourth-order valence-electron chi connectivity index (χ4n) is 5.40. The van der Waals surface area contributed by atoms with Crippen molar-refractivity contribution in [1.82, 2.24) is 15.2 Å². The van der Waals surface area contributed by atoms with E-state index in [0.717, 1.165) is 44.3 Å². The van der Waals surface area contributed by atoms with Crippen molar-refractivity contribution < 1.29 is 17.9 Å². The molecule has 9 heteroatoms. The number of hydrogen-bond acceptors (Lipinski definition) is 6. The summed E-state index contributed by atoms with van der Waals surface area (Å²) >= 11 is 0. The summed E-state index contributed by atoms with van der Waals surface area (Å²) < 4.78 is 45.3. The lowest BCUT2D eigenvalue weighted by molar-refractivity contribution is -0.137. The van der Waals surface area contributed by atoms with E-state index >= 15 is 0 Å². The second-order valence-electron chi connectivity index (χ2n) is 9.62. The molecule has 4 rings (SSSR count). The molecule has 3 aliphatic rings. The van der Waals surface area contributed by atoms with Gasteiger partial charge in [0, 0.05) is 48.5 Å². The van der Waals surface area contributed by atoms with Crippen molar-refractivity contribution in [3.8, 4) is 0 Å². The van der Waals surface area contributed by atoms with Crippen LogP contribution in [0.5, 0.6) is 0 Å². The summed E-state index contributed by atoms with van der Waals surface area (Å²) in [6.45, 7) is 8.89. The van der Waals surface area contributed by atoms with Gasteiger partial charge in [-0.3, -0.25) is 4.90 Å². The third-order valence-corrected chi connectivity index (χ3v) is 6.86. The summed E-state index contributed by atoms with van der Waals surface area (Å²) in [5.41, 5.74) is 5.47. The number of nitrogens with zero attached hydrogens (tertiary/aromatic N) is 2. The number of ether oxygens (including phenoxy) is 1. The molecule has 6 nitrogen and oxygen atoms in total. The van der Waals surface area contributed by atoms with E-state index in [0.29, 0.717) is 23.8 Å². The standard InChI is InChI=1S/C23H32F3N5O/c1-12(2)30-20(9-19(27)14-6-18(23(24,25)26)22(28)29-10-14)21-16-7-15(8-17(16)21)31-4-5-32-13(3)11-31/h6,9-10,12-13,15-17,21,27,30H,4-5,7-8,11H2,1-3H3,(H2,28,29)/b20-9-,27-19?/t13-,15-,16+,17-,21-/m0/s1. The lowest BCUT2D eigenvalue weighted by Gasteiger charge is -2.36. The van der Waals surface area contributed by atoms with Crippen LogP contribution in [0.4, 0.5) is 19.0 Å². The first-order valence-corrected chi connectivity index (χ1v) is 11.3. The van der Waals surface area contributed by atoms with Crippen molar-refractivity contribution in [2.45, 2.75) is 58.0 Å². The Hall–Kier alpha value is -2.13. The average molecular weight is 452 g/mol. The Morgan fingerprint density at radius 1 is 1.34 bits per heavy atom. The molecular weight excluding hydrogens is 419 g/mol. The number of nitrogens with one attached hydrogen (secondary N) is 2. The molecule has 176 valence electrons. The van der Waals surface area contributed by atoms with Crippen molar-refractivity contribution in [3.05, 3.63) is 35.2 Å². The Morgan fingerprint density at radius 3 is 2.62 bits per heavy atom. The molecular formula is C23H32F3N5O. The number of hydrogen-bond donors (Lipinski definition) is 3. The number of morpholine rings is 1. The minimum atomic E-state index is -4.60.